The molecular weight excluding hydrogens is 377 g/mol. The summed E-state index contributed by atoms with van der Waals surface area (Å²) in [5.41, 5.74) is 0. The van der Waals surface area contributed by atoms with Crippen molar-refractivity contribution < 1.29 is 4.42 Å². The summed E-state index contributed by atoms with van der Waals surface area (Å²) in [6.07, 6.45) is 7.13. The van der Waals surface area contributed by atoms with Crippen molar-refractivity contribution in [2.45, 2.75) is 46.1 Å². The second kappa shape index (κ2) is 10.1. The van der Waals surface area contributed by atoms with Gasteiger partial charge in [-0.1, -0.05) is 19.8 Å². The second-order valence-corrected chi connectivity index (χ2v) is 5.79. The standard InChI is InChI=1S/C16H27N3O.HI/c1-3-17-16(19-12-15-8-5-9-20-15)18-11-14-7-4-6-13(2)10-14;/h5,8-9,13-14H,3-4,6-7,10-12H2,1-2H3,(H2,17,18,19);1H. The molecule has 0 radical (unpaired) electrons. The molecule has 0 saturated heterocycles. The van der Waals surface area contributed by atoms with Crippen LogP contribution in [0.4, 0.5) is 0 Å². The molecule has 0 aliphatic heterocycles. The summed E-state index contributed by atoms with van der Waals surface area (Å²) in [6.45, 7) is 6.94. The lowest BCUT2D eigenvalue weighted by Gasteiger charge is -2.27. The van der Waals surface area contributed by atoms with Crippen LogP contribution < -0.4 is 10.6 Å². The molecule has 1 fully saturated rings. The summed E-state index contributed by atoms with van der Waals surface area (Å²) in [7, 11) is 0. The van der Waals surface area contributed by atoms with E-state index in [1.807, 2.05) is 12.1 Å². The maximum Gasteiger partial charge on any atom is 0.191 e. The zero-order chi connectivity index (χ0) is 14.2. The van der Waals surface area contributed by atoms with E-state index in [1.54, 1.807) is 6.26 Å². The van der Waals surface area contributed by atoms with E-state index in [0.717, 1.165) is 36.6 Å². The van der Waals surface area contributed by atoms with Gasteiger partial charge in [-0.25, -0.2) is 4.99 Å². The molecule has 1 aromatic rings. The van der Waals surface area contributed by atoms with Gasteiger partial charge in [0.2, 0.25) is 0 Å². The van der Waals surface area contributed by atoms with Gasteiger partial charge in [0.1, 0.15) is 12.3 Å². The van der Waals surface area contributed by atoms with Crippen LogP contribution in [-0.4, -0.2) is 19.0 Å². The maximum absolute atomic E-state index is 5.31. The van der Waals surface area contributed by atoms with Gasteiger partial charge in [-0.05, 0) is 43.7 Å². The Morgan fingerprint density at radius 2 is 2.24 bits per heavy atom. The minimum absolute atomic E-state index is 0. The number of furan rings is 1. The van der Waals surface area contributed by atoms with E-state index in [4.69, 9.17) is 4.42 Å². The van der Waals surface area contributed by atoms with Crippen LogP contribution in [0.15, 0.2) is 27.8 Å². The Kier molecular flexibility index (Phi) is 8.80. The molecule has 21 heavy (non-hydrogen) atoms. The third-order valence-corrected chi connectivity index (χ3v) is 3.92. The SMILES string of the molecule is CCNC(=NCc1ccco1)NCC1CCCC(C)C1.I. The average Bonchev–Trinajstić information content (AvgIpc) is 2.95. The number of halogens is 1. The molecule has 0 spiro atoms. The van der Waals surface area contributed by atoms with E-state index in [2.05, 4.69) is 29.5 Å². The fourth-order valence-corrected chi connectivity index (χ4v) is 2.89. The van der Waals surface area contributed by atoms with Gasteiger partial charge in [-0.15, -0.1) is 24.0 Å². The van der Waals surface area contributed by atoms with Gasteiger partial charge in [0.25, 0.3) is 0 Å². The quantitative estimate of drug-likeness (QED) is 0.446. The normalized spacial score (nSPS) is 22.5. The predicted octanol–water partition coefficient (Wildman–Crippen LogP) is 3.78. The molecule has 4 nitrogen and oxygen atoms in total. The smallest absolute Gasteiger partial charge is 0.191 e. The van der Waals surface area contributed by atoms with Crippen LogP contribution >= 0.6 is 24.0 Å². The number of hydrogen-bond donors (Lipinski definition) is 2. The van der Waals surface area contributed by atoms with E-state index < -0.39 is 0 Å². The van der Waals surface area contributed by atoms with E-state index in [9.17, 15) is 0 Å². The Morgan fingerprint density at radius 1 is 1.38 bits per heavy atom. The van der Waals surface area contributed by atoms with Crippen LogP contribution in [0.1, 0.15) is 45.3 Å². The van der Waals surface area contributed by atoms with Gasteiger partial charge >= 0.3 is 0 Å². The summed E-state index contributed by atoms with van der Waals surface area (Å²) in [4.78, 5) is 4.56. The van der Waals surface area contributed by atoms with Gasteiger partial charge in [-0.2, -0.15) is 0 Å². The number of aliphatic imine (C=N–C) groups is 1. The summed E-state index contributed by atoms with van der Waals surface area (Å²) >= 11 is 0. The molecule has 2 atom stereocenters. The first-order chi connectivity index (χ1) is 9.78. The Labute approximate surface area is 145 Å². The Balaban J connectivity index is 0.00000220. The molecule has 2 N–H and O–H groups in total. The van der Waals surface area contributed by atoms with E-state index in [0.29, 0.717) is 6.54 Å². The molecule has 120 valence electrons. The van der Waals surface area contributed by atoms with Gasteiger partial charge in [-0.3, -0.25) is 0 Å². The predicted molar refractivity (Wildman–Crippen MR) is 98.1 cm³/mol. The summed E-state index contributed by atoms with van der Waals surface area (Å²) in [5, 5.41) is 6.76. The zero-order valence-electron chi connectivity index (χ0n) is 13.1. The Hall–Kier alpha value is -0.720. The average molecular weight is 405 g/mol. The number of guanidine groups is 1. The molecule has 2 rings (SSSR count). The molecule has 2 unspecified atom stereocenters. The molecule has 0 aromatic carbocycles. The van der Waals surface area contributed by atoms with Crippen LogP contribution in [0.5, 0.6) is 0 Å². The van der Waals surface area contributed by atoms with Gasteiger partial charge in [0, 0.05) is 13.1 Å². The third-order valence-electron chi connectivity index (χ3n) is 3.92. The van der Waals surface area contributed by atoms with Crippen LogP contribution in [0.3, 0.4) is 0 Å². The van der Waals surface area contributed by atoms with Crippen LogP contribution in [0.2, 0.25) is 0 Å². The van der Waals surface area contributed by atoms with Crippen molar-refractivity contribution in [2.24, 2.45) is 16.8 Å². The summed E-state index contributed by atoms with van der Waals surface area (Å²) in [6, 6.07) is 3.85. The van der Waals surface area contributed by atoms with Crippen LogP contribution in [0, 0.1) is 11.8 Å². The molecule has 0 amide bonds. The highest BCUT2D eigenvalue weighted by molar-refractivity contribution is 14.0. The molecule has 0 bridgehead atoms. The van der Waals surface area contributed by atoms with E-state index in [1.165, 1.54) is 25.7 Å². The van der Waals surface area contributed by atoms with Crippen LogP contribution in [0.25, 0.3) is 0 Å². The number of nitrogens with one attached hydrogen (secondary N) is 2. The molecule has 1 aromatic heterocycles. The maximum atomic E-state index is 5.31. The lowest BCUT2D eigenvalue weighted by molar-refractivity contribution is 0.282. The van der Waals surface area contributed by atoms with Crippen molar-refractivity contribution in [1.82, 2.24) is 10.6 Å². The van der Waals surface area contributed by atoms with Crippen molar-refractivity contribution in [2.75, 3.05) is 13.1 Å². The van der Waals surface area contributed by atoms with Gasteiger partial charge in [0.05, 0.1) is 6.26 Å². The monoisotopic (exact) mass is 405 g/mol. The second-order valence-electron chi connectivity index (χ2n) is 5.79. The zero-order valence-corrected chi connectivity index (χ0v) is 15.4. The highest BCUT2D eigenvalue weighted by atomic mass is 127. The van der Waals surface area contributed by atoms with Crippen molar-refractivity contribution in [3.63, 3.8) is 0 Å². The lowest BCUT2D eigenvalue weighted by atomic mass is 9.82. The minimum atomic E-state index is 0. The first-order valence-electron chi connectivity index (χ1n) is 7.82. The lowest BCUT2D eigenvalue weighted by Crippen LogP contribution is -2.40. The molecule has 1 aliphatic rings. The third kappa shape index (κ3) is 6.72. The minimum Gasteiger partial charge on any atom is -0.467 e. The Morgan fingerprint density at radius 3 is 2.90 bits per heavy atom. The van der Waals surface area contributed by atoms with Crippen molar-refractivity contribution in [1.29, 1.82) is 0 Å². The molecule has 1 saturated carbocycles. The fourth-order valence-electron chi connectivity index (χ4n) is 2.89. The summed E-state index contributed by atoms with van der Waals surface area (Å²) < 4.78 is 5.31. The number of nitrogens with zero attached hydrogens (tertiary/aromatic N) is 1. The van der Waals surface area contributed by atoms with Crippen molar-refractivity contribution in [3.05, 3.63) is 24.2 Å². The molecular formula is C16H28IN3O. The van der Waals surface area contributed by atoms with Crippen molar-refractivity contribution >= 4 is 29.9 Å². The topological polar surface area (TPSA) is 49.6 Å². The van der Waals surface area contributed by atoms with E-state index in [-0.39, 0.29) is 24.0 Å². The molecule has 1 aliphatic carbocycles. The Bertz CT molecular complexity index is 406. The highest BCUT2D eigenvalue weighted by Gasteiger charge is 2.18. The van der Waals surface area contributed by atoms with E-state index >= 15 is 0 Å². The molecule has 5 heteroatoms. The number of rotatable bonds is 5. The first kappa shape index (κ1) is 18.3. The van der Waals surface area contributed by atoms with Crippen molar-refractivity contribution in [3.8, 4) is 0 Å². The largest absolute Gasteiger partial charge is 0.467 e. The number of hydrogen-bond acceptors (Lipinski definition) is 2. The molecule has 1 heterocycles. The van der Waals surface area contributed by atoms with Gasteiger partial charge < -0.3 is 15.1 Å². The van der Waals surface area contributed by atoms with Gasteiger partial charge in [0.15, 0.2) is 5.96 Å². The summed E-state index contributed by atoms with van der Waals surface area (Å²) in [5.74, 6) is 3.44. The van der Waals surface area contributed by atoms with Crippen LogP contribution in [-0.2, 0) is 6.54 Å². The first-order valence-corrected chi connectivity index (χ1v) is 7.82. The fraction of sp³-hybridized carbons (Fsp3) is 0.688. The highest BCUT2D eigenvalue weighted by Crippen LogP contribution is 2.27.